The fourth-order valence-electron chi connectivity index (χ4n) is 2.83. The average Bonchev–Trinajstić information content (AvgIpc) is 2.93. The van der Waals surface area contributed by atoms with Crippen molar-refractivity contribution in [2.24, 2.45) is 5.92 Å². The van der Waals surface area contributed by atoms with E-state index in [9.17, 15) is 0 Å². The van der Waals surface area contributed by atoms with Gasteiger partial charge in [-0.25, -0.2) is 14.5 Å². The summed E-state index contributed by atoms with van der Waals surface area (Å²) in [6.07, 6.45) is 5.49. The fraction of sp³-hybridized carbons (Fsp3) is 0.615. The third-order valence-electron chi connectivity index (χ3n) is 4.23. The van der Waals surface area contributed by atoms with Crippen molar-refractivity contribution in [3.8, 4) is 0 Å². The van der Waals surface area contributed by atoms with Gasteiger partial charge in [-0.2, -0.15) is 5.10 Å². The Morgan fingerprint density at radius 3 is 2.80 bits per heavy atom. The zero-order valence-electron chi connectivity index (χ0n) is 11.7. The minimum absolute atomic E-state index is 0.0680. The Bertz CT molecular complexity index is 602. The molecule has 0 bridgehead atoms. The number of aromatic nitrogens is 4. The highest BCUT2D eigenvalue weighted by Crippen LogP contribution is 2.32. The molecule has 1 saturated heterocycles. The lowest BCUT2D eigenvalue weighted by atomic mass is 9.78. The third kappa shape index (κ3) is 2.29. The van der Waals surface area contributed by atoms with Gasteiger partial charge in [0.2, 0.25) is 0 Å². The first-order valence-electron chi connectivity index (χ1n) is 6.95. The standard InChI is InChI=1S/C13H19BrN6/c1-9(2)13(3-5-15-6-4-13)19-11-12-17-8-18-20(12)10(14)7-16-11/h7-9,15H,3-6H2,1-2H3,(H,16,19). The summed E-state index contributed by atoms with van der Waals surface area (Å²) >= 11 is 3.44. The maximum absolute atomic E-state index is 4.50. The van der Waals surface area contributed by atoms with Crippen molar-refractivity contribution in [2.45, 2.75) is 32.2 Å². The van der Waals surface area contributed by atoms with Crippen LogP contribution in [0.15, 0.2) is 17.1 Å². The highest BCUT2D eigenvalue weighted by molar-refractivity contribution is 9.10. The fourth-order valence-corrected chi connectivity index (χ4v) is 3.20. The van der Waals surface area contributed by atoms with Crippen LogP contribution in [0.2, 0.25) is 0 Å². The average molecular weight is 339 g/mol. The number of hydrogen-bond acceptors (Lipinski definition) is 5. The van der Waals surface area contributed by atoms with E-state index in [1.54, 1.807) is 17.0 Å². The number of rotatable bonds is 3. The predicted octanol–water partition coefficient (Wildman–Crippen LogP) is 2.08. The molecule has 1 fully saturated rings. The summed E-state index contributed by atoms with van der Waals surface area (Å²) in [4.78, 5) is 8.82. The van der Waals surface area contributed by atoms with Gasteiger partial charge >= 0.3 is 0 Å². The van der Waals surface area contributed by atoms with Crippen LogP contribution in [0.5, 0.6) is 0 Å². The molecule has 0 amide bonds. The molecule has 3 heterocycles. The maximum Gasteiger partial charge on any atom is 0.199 e. The normalized spacial score (nSPS) is 18.6. The molecule has 0 aromatic carbocycles. The third-order valence-corrected chi connectivity index (χ3v) is 4.77. The molecule has 0 saturated carbocycles. The first-order chi connectivity index (χ1) is 9.62. The molecule has 2 aromatic heterocycles. The lowest BCUT2D eigenvalue weighted by molar-refractivity contribution is 0.259. The number of piperidine rings is 1. The van der Waals surface area contributed by atoms with Crippen molar-refractivity contribution in [3.05, 3.63) is 17.1 Å². The first kappa shape index (κ1) is 13.8. The summed E-state index contributed by atoms with van der Waals surface area (Å²) in [7, 11) is 0. The summed E-state index contributed by atoms with van der Waals surface area (Å²) in [5.41, 5.74) is 0.830. The molecule has 0 spiro atoms. The number of nitrogens with one attached hydrogen (secondary N) is 2. The van der Waals surface area contributed by atoms with Gasteiger partial charge in [0.05, 0.1) is 6.20 Å². The van der Waals surface area contributed by atoms with Crippen LogP contribution in [0.4, 0.5) is 5.82 Å². The monoisotopic (exact) mass is 338 g/mol. The summed E-state index contributed by atoms with van der Waals surface area (Å²) in [5.74, 6) is 1.33. The van der Waals surface area contributed by atoms with Crippen LogP contribution >= 0.6 is 15.9 Å². The van der Waals surface area contributed by atoms with E-state index in [2.05, 4.69) is 55.5 Å². The predicted molar refractivity (Wildman–Crippen MR) is 81.8 cm³/mol. The molecule has 0 radical (unpaired) electrons. The van der Waals surface area contributed by atoms with E-state index in [0.717, 1.165) is 42.0 Å². The summed E-state index contributed by atoms with van der Waals surface area (Å²) in [6, 6.07) is 0. The van der Waals surface area contributed by atoms with E-state index in [1.165, 1.54) is 0 Å². The molecular weight excluding hydrogens is 320 g/mol. The molecule has 108 valence electrons. The van der Waals surface area contributed by atoms with Crippen LogP contribution in [0.3, 0.4) is 0 Å². The van der Waals surface area contributed by atoms with E-state index in [-0.39, 0.29) is 5.54 Å². The number of fused-ring (bicyclic) bond motifs is 1. The molecule has 20 heavy (non-hydrogen) atoms. The quantitative estimate of drug-likeness (QED) is 0.896. The zero-order chi connectivity index (χ0) is 14.2. The lowest BCUT2D eigenvalue weighted by Gasteiger charge is -2.42. The van der Waals surface area contributed by atoms with Gasteiger partial charge < -0.3 is 10.6 Å². The SMILES string of the molecule is CC(C)C1(Nc2ncc(Br)n3ncnc23)CCNCC1. The molecule has 2 aromatic rings. The molecule has 7 heteroatoms. The molecule has 0 atom stereocenters. The minimum atomic E-state index is 0.0680. The van der Waals surface area contributed by atoms with Crippen LogP contribution in [0.25, 0.3) is 5.65 Å². The number of anilines is 1. The van der Waals surface area contributed by atoms with Gasteiger partial charge in [0.25, 0.3) is 0 Å². The smallest absolute Gasteiger partial charge is 0.199 e. The molecule has 0 aliphatic carbocycles. The van der Waals surface area contributed by atoms with Gasteiger partial charge in [-0.3, -0.25) is 0 Å². The first-order valence-corrected chi connectivity index (χ1v) is 7.75. The van der Waals surface area contributed by atoms with Crippen molar-refractivity contribution >= 4 is 27.4 Å². The Morgan fingerprint density at radius 2 is 2.10 bits per heavy atom. The van der Waals surface area contributed by atoms with Gasteiger partial charge in [0.1, 0.15) is 10.9 Å². The number of halogens is 1. The van der Waals surface area contributed by atoms with Crippen molar-refractivity contribution in [3.63, 3.8) is 0 Å². The van der Waals surface area contributed by atoms with Crippen LogP contribution in [0.1, 0.15) is 26.7 Å². The number of hydrogen-bond donors (Lipinski definition) is 2. The molecule has 1 aliphatic rings. The van der Waals surface area contributed by atoms with E-state index < -0.39 is 0 Å². The molecule has 2 N–H and O–H groups in total. The van der Waals surface area contributed by atoms with E-state index in [0.29, 0.717) is 5.92 Å². The van der Waals surface area contributed by atoms with Crippen molar-refractivity contribution in [1.29, 1.82) is 0 Å². The summed E-state index contributed by atoms with van der Waals surface area (Å²) in [5, 5.41) is 11.3. The van der Waals surface area contributed by atoms with Crippen molar-refractivity contribution in [1.82, 2.24) is 24.9 Å². The lowest BCUT2D eigenvalue weighted by Crippen LogP contribution is -2.51. The second-order valence-corrected chi connectivity index (χ2v) is 6.42. The summed E-state index contributed by atoms with van der Waals surface area (Å²) in [6.45, 7) is 6.59. The Balaban J connectivity index is 1.98. The van der Waals surface area contributed by atoms with E-state index in [1.807, 2.05) is 0 Å². The van der Waals surface area contributed by atoms with Gasteiger partial charge in [-0.05, 0) is 47.8 Å². The second kappa shape index (κ2) is 5.29. The highest BCUT2D eigenvalue weighted by Gasteiger charge is 2.36. The van der Waals surface area contributed by atoms with Crippen molar-refractivity contribution in [2.75, 3.05) is 18.4 Å². The van der Waals surface area contributed by atoms with E-state index >= 15 is 0 Å². The van der Waals surface area contributed by atoms with Crippen LogP contribution < -0.4 is 10.6 Å². The highest BCUT2D eigenvalue weighted by atomic mass is 79.9. The molecule has 1 aliphatic heterocycles. The molecular formula is C13H19BrN6. The van der Waals surface area contributed by atoms with E-state index in [4.69, 9.17) is 0 Å². The Morgan fingerprint density at radius 1 is 1.35 bits per heavy atom. The zero-order valence-corrected chi connectivity index (χ0v) is 13.3. The number of nitrogens with zero attached hydrogens (tertiary/aromatic N) is 4. The van der Waals surface area contributed by atoms with Crippen molar-refractivity contribution < 1.29 is 0 Å². The van der Waals surface area contributed by atoms with Gasteiger partial charge in [0, 0.05) is 5.54 Å². The Kier molecular flexibility index (Phi) is 3.64. The maximum atomic E-state index is 4.50. The van der Waals surface area contributed by atoms with Gasteiger partial charge in [0.15, 0.2) is 11.5 Å². The largest absolute Gasteiger partial charge is 0.361 e. The topological polar surface area (TPSA) is 67.1 Å². The Labute approximate surface area is 126 Å². The Hall–Kier alpha value is -1.21. The van der Waals surface area contributed by atoms with Gasteiger partial charge in [-0.1, -0.05) is 13.8 Å². The minimum Gasteiger partial charge on any atom is -0.361 e. The van der Waals surface area contributed by atoms with Crippen LogP contribution in [0, 0.1) is 5.92 Å². The molecule has 0 unspecified atom stereocenters. The second-order valence-electron chi connectivity index (χ2n) is 5.61. The molecule has 6 nitrogen and oxygen atoms in total. The summed E-state index contributed by atoms with van der Waals surface area (Å²) < 4.78 is 2.56. The molecule has 3 rings (SSSR count). The van der Waals surface area contributed by atoms with Crippen LogP contribution in [-0.4, -0.2) is 38.2 Å². The van der Waals surface area contributed by atoms with Gasteiger partial charge in [-0.15, -0.1) is 0 Å². The van der Waals surface area contributed by atoms with Crippen LogP contribution in [-0.2, 0) is 0 Å².